The molecular weight excluding hydrogens is 200 g/mol. The zero-order valence-corrected chi connectivity index (χ0v) is 9.02. The van der Waals surface area contributed by atoms with Gasteiger partial charge in [-0.1, -0.05) is 0 Å². The van der Waals surface area contributed by atoms with Crippen LogP contribution in [0.2, 0.25) is 0 Å². The topological polar surface area (TPSA) is 61.2 Å². The van der Waals surface area contributed by atoms with Gasteiger partial charge in [-0.05, 0) is 19.3 Å². The van der Waals surface area contributed by atoms with Gasteiger partial charge in [0.15, 0.2) is 9.84 Å². The summed E-state index contributed by atoms with van der Waals surface area (Å²) >= 11 is 0. The normalized spacial score (nSPS) is 27.0. The van der Waals surface area contributed by atoms with Gasteiger partial charge < -0.3 is 4.90 Å². The van der Waals surface area contributed by atoms with Gasteiger partial charge in [-0.2, -0.15) is 0 Å². The molecule has 80 valence electrons. The maximum atomic E-state index is 11.3. The minimum absolute atomic E-state index is 0.224. The molecular formula is C9H16N2O2S. The molecule has 5 heteroatoms. The number of hydrogen-bond acceptors (Lipinski definition) is 3. The number of amidine groups is 1. The Morgan fingerprint density at radius 1 is 1.21 bits per heavy atom. The van der Waals surface area contributed by atoms with Gasteiger partial charge in [-0.3, -0.25) is 5.41 Å². The van der Waals surface area contributed by atoms with Crippen molar-refractivity contribution in [1.29, 1.82) is 5.41 Å². The molecule has 1 heterocycles. The maximum absolute atomic E-state index is 11.3. The fraction of sp³-hybridized carbons (Fsp3) is 0.889. The van der Waals surface area contributed by atoms with Crippen molar-refractivity contribution in [3.63, 3.8) is 0 Å². The van der Waals surface area contributed by atoms with Crippen molar-refractivity contribution >= 4 is 15.7 Å². The summed E-state index contributed by atoms with van der Waals surface area (Å²) in [6, 6.07) is 0. The van der Waals surface area contributed by atoms with Gasteiger partial charge in [0.1, 0.15) is 0 Å². The van der Waals surface area contributed by atoms with Gasteiger partial charge in [-0.15, -0.1) is 0 Å². The summed E-state index contributed by atoms with van der Waals surface area (Å²) in [5, 5.41) is 7.86. The first-order valence-corrected chi connectivity index (χ1v) is 6.94. The lowest BCUT2D eigenvalue weighted by atomic mass is 10.3. The SMILES string of the molecule is N=C(C1CC1)N1CCCS(=O)(=O)CC1. The Kier molecular flexibility index (Phi) is 2.51. The standard InChI is InChI=1S/C9H16N2O2S/c10-9(8-2-3-8)11-4-1-6-14(12,13)7-5-11/h8,10H,1-7H2. The van der Waals surface area contributed by atoms with Crippen LogP contribution in [0.3, 0.4) is 0 Å². The van der Waals surface area contributed by atoms with Crippen LogP contribution < -0.4 is 0 Å². The van der Waals surface area contributed by atoms with E-state index in [2.05, 4.69) is 0 Å². The Bertz CT molecular complexity index is 333. The van der Waals surface area contributed by atoms with E-state index < -0.39 is 9.84 Å². The lowest BCUT2D eigenvalue weighted by Crippen LogP contribution is -2.34. The highest BCUT2D eigenvalue weighted by atomic mass is 32.2. The molecule has 0 aromatic rings. The van der Waals surface area contributed by atoms with Gasteiger partial charge >= 0.3 is 0 Å². The summed E-state index contributed by atoms with van der Waals surface area (Å²) in [5.74, 6) is 1.61. The summed E-state index contributed by atoms with van der Waals surface area (Å²) in [6.45, 7) is 1.27. The molecule has 2 rings (SSSR count). The van der Waals surface area contributed by atoms with Crippen LogP contribution in [0, 0.1) is 11.3 Å². The first kappa shape index (κ1) is 9.96. The number of rotatable bonds is 1. The molecule has 0 bridgehead atoms. The van der Waals surface area contributed by atoms with Gasteiger partial charge in [0.05, 0.1) is 17.3 Å². The Hall–Kier alpha value is -0.580. The smallest absolute Gasteiger partial charge is 0.152 e. The van der Waals surface area contributed by atoms with Gasteiger partial charge in [0, 0.05) is 19.0 Å². The molecule has 0 unspecified atom stereocenters. The second-order valence-corrected chi connectivity index (χ2v) is 6.46. The minimum Gasteiger partial charge on any atom is -0.359 e. The highest BCUT2D eigenvalue weighted by Crippen LogP contribution is 2.31. The monoisotopic (exact) mass is 216 g/mol. The second-order valence-electron chi connectivity index (χ2n) is 4.15. The number of nitrogens with one attached hydrogen (secondary N) is 1. The maximum Gasteiger partial charge on any atom is 0.152 e. The van der Waals surface area contributed by atoms with Crippen molar-refractivity contribution in [1.82, 2.24) is 4.90 Å². The predicted molar refractivity (Wildman–Crippen MR) is 55.3 cm³/mol. The molecule has 0 amide bonds. The molecule has 1 saturated carbocycles. The third-order valence-electron chi connectivity index (χ3n) is 2.86. The van der Waals surface area contributed by atoms with Crippen molar-refractivity contribution in [3.8, 4) is 0 Å². The Morgan fingerprint density at radius 2 is 1.93 bits per heavy atom. The molecule has 0 atom stereocenters. The minimum atomic E-state index is -2.83. The summed E-state index contributed by atoms with van der Waals surface area (Å²) in [5.41, 5.74) is 0. The van der Waals surface area contributed by atoms with E-state index in [1.54, 1.807) is 0 Å². The van der Waals surface area contributed by atoms with E-state index in [9.17, 15) is 8.42 Å². The quantitative estimate of drug-likeness (QED) is 0.512. The highest BCUT2D eigenvalue weighted by molar-refractivity contribution is 7.91. The summed E-state index contributed by atoms with van der Waals surface area (Å²) in [7, 11) is -2.83. The largest absolute Gasteiger partial charge is 0.359 e. The van der Waals surface area contributed by atoms with Crippen LogP contribution in [0.4, 0.5) is 0 Å². The van der Waals surface area contributed by atoms with Crippen molar-refractivity contribution < 1.29 is 8.42 Å². The molecule has 14 heavy (non-hydrogen) atoms. The molecule has 1 N–H and O–H groups in total. The van der Waals surface area contributed by atoms with Gasteiger partial charge in [0.2, 0.25) is 0 Å². The average molecular weight is 216 g/mol. The van der Waals surface area contributed by atoms with E-state index in [-0.39, 0.29) is 5.75 Å². The summed E-state index contributed by atoms with van der Waals surface area (Å²) in [4.78, 5) is 1.95. The van der Waals surface area contributed by atoms with Crippen molar-refractivity contribution in [2.45, 2.75) is 19.3 Å². The van der Waals surface area contributed by atoms with Crippen LogP contribution in [0.15, 0.2) is 0 Å². The first-order valence-electron chi connectivity index (χ1n) is 5.12. The fourth-order valence-electron chi connectivity index (χ4n) is 1.79. The zero-order chi connectivity index (χ0) is 10.2. The van der Waals surface area contributed by atoms with E-state index in [0.29, 0.717) is 30.5 Å². The first-order chi connectivity index (χ1) is 6.58. The van der Waals surface area contributed by atoms with E-state index in [1.807, 2.05) is 4.90 Å². The lowest BCUT2D eigenvalue weighted by molar-refractivity contribution is 0.434. The third-order valence-corrected chi connectivity index (χ3v) is 4.58. The van der Waals surface area contributed by atoms with Crippen molar-refractivity contribution in [2.75, 3.05) is 24.6 Å². The second kappa shape index (κ2) is 3.53. The Balaban J connectivity index is 1.98. The van der Waals surface area contributed by atoms with Crippen LogP contribution in [0.1, 0.15) is 19.3 Å². The molecule has 4 nitrogen and oxygen atoms in total. The van der Waals surface area contributed by atoms with Gasteiger partial charge in [-0.25, -0.2) is 8.42 Å². The number of sulfone groups is 1. The summed E-state index contributed by atoms with van der Waals surface area (Å²) < 4.78 is 22.7. The van der Waals surface area contributed by atoms with E-state index in [4.69, 9.17) is 5.41 Å². The van der Waals surface area contributed by atoms with Crippen molar-refractivity contribution in [2.24, 2.45) is 5.92 Å². The molecule has 0 aromatic carbocycles. The lowest BCUT2D eigenvalue weighted by Gasteiger charge is -2.22. The van der Waals surface area contributed by atoms with Crippen LogP contribution in [0.5, 0.6) is 0 Å². The molecule has 2 fully saturated rings. The third kappa shape index (κ3) is 2.26. The van der Waals surface area contributed by atoms with E-state index in [0.717, 1.165) is 19.4 Å². The zero-order valence-electron chi connectivity index (χ0n) is 8.20. The molecule has 0 aromatic heterocycles. The van der Waals surface area contributed by atoms with Gasteiger partial charge in [0.25, 0.3) is 0 Å². The van der Waals surface area contributed by atoms with E-state index >= 15 is 0 Å². The highest BCUT2D eigenvalue weighted by Gasteiger charge is 2.31. The molecule has 2 aliphatic rings. The molecule has 1 aliphatic heterocycles. The van der Waals surface area contributed by atoms with Crippen LogP contribution in [-0.2, 0) is 9.84 Å². The molecule has 0 radical (unpaired) electrons. The number of nitrogens with zero attached hydrogens (tertiary/aromatic N) is 1. The Morgan fingerprint density at radius 3 is 2.57 bits per heavy atom. The molecule has 1 saturated heterocycles. The molecule has 0 spiro atoms. The average Bonchev–Trinajstić information content (AvgIpc) is 2.90. The van der Waals surface area contributed by atoms with Crippen molar-refractivity contribution in [3.05, 3.63) is 0 Å². The summed E-state index contributed by atoms with van der Waals surface area (Å²) in [6.07, 6.45) is 2.90. The fourth-order valence-corrected chi connectivity index (χ4v) is 3.07. The van der Waals surface area contributed by atoms with Crippen LogP contribution >= 0.6 is 0 Å². The molecule has 1 aliphatic carbocycles. The number of hydrogen-bond donors (Lipinski definition) is 1. The predicted octanol–water partition coefficient (Wildman–Crippen LogP) is 0.494. The van der Waals surface area contributed by atoms with E-state index in [1.165, 1.54) is 0 Å². The Labute approximate surface area is 84.7 Å². The van der Waals surface area contributed by atoms with Crippen LogP contribution in [0.25, 0.3) is 0 Å². The van der Waals surface area contributed by atoms with Crippen LogP contribution in [-0.4, -0.2) is 43.7 Å².